The van der Waals surface area contributed by atoms with Gasteiger partial charge in [0.2, 0.25) is 0 Å². The number of ether oxygens (including phenoxy) is 4. The molecule has 0 unspecified atom stereocenters. The Kier molecular flexibility index (Phi) is 15.5. The fraction of sp³-hybridized carbons (Fsp3) is 0.355. The van der Waals surface area contributed by atoms with Gasteiger partial charge in [0.1, 0.15) is 26.4 Å². The molecule has 0 saturated carbocycles. The van der Waals surface area contributed by atoms with Gasteiger partial charge >= 0.3 is 0 Å². The summed E-state index contributed by atoms with van der Waals surface area (Å²) < 4.78 is 33.1. The van der Waals surface area contributed by atoms with Gasteiger partial charge in [0, 0.05) is 57.5 Å². The molecule has 0 saturated heterocycles. The first-order valence-electron chi connectivity index (χ1n) is 25.7. The van der Waals surface area contributed by atoms with E-state index in [1.807, 2.05) is 0 Å². The van der Waals surface area contributed by atoms with Crippen LogP contribution in [0.15, 0.2) is 158 Å². The van der Waals surface area contributed by atoms with Crippen LogP contribution in [-0.2, 0) is 26.4 Å². The summed E-state index contributed by atoms with van der Waals surface area (Å²) in [5.74, 6) is 2.98. The first-order chi connectivity index (χ1) is 33.7. The molecule has 0 atom stereocenters. The van der Waals surface area contributed by atoms with Crippen molar-refractivity contribution in [2.75, 3.05) is 0 Å². The molecule has 366 valence electrons. The second kappa shape index (κ2) is 21.6. The minimum Gasteiger partial charge on any atom is -0.485 e. The third-order valence-electron chi connectivity index (χ3n) is 15.4. The number of aromatic nitrogens is 2. The number of fused-ring (bicyclic) bond motifs is 2. The number of hydrogen-bond acceptors (Lipinski definition) is 4. The largest absolute Gasteiger partial charge is 0.485 e. The fourth-order valence-corrected chi connectivity index (χ4v) is 25.8. The molecule has 0 aliphatic carbocycles. The SMILES string of the molecule is CC(C)[Si](C(C)C)(C(C)C)n1cc(-c2cn([Si](C(C)C)(C(C)C)C(C)C)c3cc(OCc4ccccc4)c(OCc4ccccc4)cc23)c2cc(OCc3ccccc3)c(OCc3ccccc3)cc21. The second-order valence-corrected chi connectivity index (χ2v) is 32.7. The van der Waals surface area contributed by atoms with Crippen LogP contribution in [-0.4, -0.2) is 24.9 Å². The average molecular weight is 969 g/mol. The third-order valence-corrected chi connectivity index (χ3v) is 28.9. The molecule has 8 heteroatoms. The van der Waals surface area contributed by atoms with E-state index in [4.69, 9.17) is 18.9 Å². The summed E-state index contributed by atoms with van der Waals surface area (Å²) in [6.07, 6.45) is 5.07. The molecule has 0 radical (unpaired) electrons. The summed E-state index contributed by atoms with van der Waals surface area (Å²) in [6.45, 7) is 31.2. The lowest BCUT2D eigenvalue weighted by Gasteiger charge is -2.44. The highest BCUT2D eigenvalue weighted by atomic mass is 28.3. The number of nitrogens with zero attached hydrogens (tertiary/aromatic N) is 2. The van der Waals surface area contributed by atoms with E-state index in [0.717, 1.165) is 56.0 Å². The van der Waals surface area contributed by atoms with Crippen molar-refractivity contribution in [3.63, 3.8) is 0 Å². The summed E-state index contributed by atoms with van der Waals surface area (Å²) in [5, 5.41) is 2.32. The molecule has 70 heavy (non-hydrogen) atoms. The van der Waals surface area contributed by atoms with Crippen molar-refractivity contribution in [1.29, 1.82) is 0 Å². The molecule has 6 nitrogen and oxygen atoms in total. The Morgan fingerprint density at radius 1 is 0.329 bits per heavy atom. The highest BCUT2D eigenvalue weighted by molar-refractivity contribution is 6.83. The molecule has 8 rings (SSSR count). The van der Waals surface area contributed by atoms with Crippen LogP contribution in [0.4, 0.5) is 0 Å². The average Bonchev–Trinajstić information content (AvgIpc) is 3.89. The Bertz CT molecular complexity index is 2710. The van der Waals surface area contributed by atoms with Crippen molar-refractivity contribution in [3.05, 3.63) is 180 Å². The number of benzene rings is 6. The maximum atomic E-state index is 6.90. The maximum absolute atomic E-state index is 6.90. The predicted octanol–water partition coefficient (Wildman–Crippen LogP) is 17.6. The number of hydrogen-bond donors (Lipinski definition) is 0. The van der Waals surface area contributed by atoms with Gasteiger partial charge in [0.15, 0.2) is 39.5 Å². The standard InChI is InChI=1S/C62H76N2O4Si2/c1-43(2)69(44(3)4,45(5)6)63-37-55(53-33-59(65-39-49-25-17-13-18-26-49)61(35-57(53)63)67-41-51-29-21-15-22-30-51)56-38-64(70(46(7)8,47(9)10)48(11)12)58-36-62(68-42-52-31-23-16-24-32-52)60(34-54(56)58)66-40-50-27-19-14-20-28-50/h13-38,43-48H,39-42H2,1-12H3. The molecular formula is C62H76N2O4Si2. The van der Waals surface area contributed by atoms with Gasteiger partial charge in [0.25, 0.3) is 0 Å². The Morgan fingerprint density at radius 2 is 0.557 bits per heavy atom. The van der Waals surface area contributed by atoms with E-state index in [1.54, 1.807) is 0 Å². The van der Waals surface area contributed by atoms with Crippen molar-refractivity contribution in [2.45, 2.75) is 143 Å². The minimum atomic E-state index is -2.37. The molecule has 8 aromatic rings. The Labute approximate surface area is 420 Å². The number of rotatable bonds is 21. The van der Waals surface area contributed by atoms with Crippen molar-refractivity contribution in [1.82, 2.24) is 8.47 Å². The summed E-state index contributed by atoms with van der Waals surface area (Å²) in [7, 11) is -4.73. The highest BCUT2D eigenvalue weighted by Gasteiger charge is 2.48. The zero-order valence-electron chi connectivity index (χ0n) is 43.8. The van der Waals surface area contributed by atoms with Gasteiger partial charge < -0.3 is 27.4 Å². The van der Waals surface area contributed by atoms with Crippen LogP contribution < -0.4 is 18.9 Å². The van der Waals surface area contributed by atoms with Gasteiger partial charge in [-0.3, -0.25) is 0 Å². The molecule has 0 aliphatic heterocycles. The predicted molar refractivity (Wildman–Crippen MR) is 299 cm³/mol. The lowest BCUT2D eigenvalue weighted by Crippen LogP contribution is -2.51. The Balaban J connectivity index is 1.45. The molecule has 0 aliphatic rings. The first kappa shape index (κ1) is 50.4. The van der Waals surface area contributed by atoms with E-state index in [1.165, 1.54) is 22.2 Å². The van der Waals surface area contributed by atoms with Gasteiger partial charge in [-0.1, -0.05) is 204 Å². The molecule has 0 bridgehead atoms. The molecule has 0 spiro atoms. The molecule has 2 heterocycles. The van der Waals surface area contributed by atoms with E-state index in [2.05, 4.69) is 250 Å². The van der Waals surface area contributed by atoms with Crippen molar-refractivity contribution in [2.24, 2.45) is 0 Å². The van der Waals surface area contributed by atoms with Crippen molar-refractivity contribution in [3.8, 4) is 34.1 Å². The summed E-state index contributed by atoms with van der Waals surface area (Å²) in [6, 6.07) is 50.9. The summed E-state index contributed by atoms with van der Waals surface area (Å²) >= 11 is 0. The van der Waals surface area contributed by atoms with Crippen LogP contribution in [0.5, 0.6) is 23.0 Å². The lowest BCUT2D eigenvalue weighted by atomic mass is 10.0. The summed E-state index contributed by atoms with van der Waals surface area (Å²) in [5.41, 5.74) is 11.9. The Hall–Kier alpha value is -5.97. The smallest absolute Gasteiger partial charge is 0.169 e. The highest BCUT2D eigenvalue weighted by Crippen LogP contribution is 2.52. The van der Waals surface area contributed by atoms with Crippen LogP contribution >= 0.6 is 0 Å². The first-order valence-corrected chi connectivity index (χ1v) is 30.1. The third kappa shape index (κ3) is 9.74. The van der Waals surface area contributed by atoms with Gasteiger partial charge in [-0.2, -0.15) is 0 Å². The van der Waals surface area contributed by atoms with E-state index >= 15 is 0 Å². The quantitative estimate of drug-likeness (QED) is 0.0673. The zero-order valence-corrected chi connectivity index (χ0v) is 45.8. The summed E-state index contributed by atoms with van der Waals surface area (Å²) in [4.78, 5) is 0. The fourth-order valence-electron chi connectivity index (χ4n) is 12.6. The normalized spacial score (nSPS) is 12.4. The van der Waals surface area contributed by atoms with Crippen molar-refractivity contribution >= 4 is 38.3 Å². The molecule has 0 N–H and O–H groups in total. The van der Waals surface area contributed by atoms with Crippen LogP contribution in [0, 0.1) is 0 Å². The van der Waals surface area contributed by atoms with E-state index in [9.17, 15) is 0 Å². The van der Waals surface area contributed by atoms with Gasteiger partial charge in [0.05, 0.1) is 0 Å². The monoisotopic (exact) mass is 969 g/mol. The minimum absolute atomic E-state index is 0.422. The van der Waals surface area contributed by atoms with Gasteiger partial charge in [-0.05, 0) is 67.6 Å². The lowest BCUT2D eigenvalue weighted by molar-refractivity contribution is 0.256. The van der Waals surface area contributed by atoms with Crippen molar-refractivity contribution < 1.29 is 18.9 Å². The maximum Gasteiger partial charge on any atom is 0.169 e. The van der Waals surface area contributed by atoms with Gasteiger partial charge in [-0.15, -0.1) is 0 Å². The molecule has 2 aromatic heterocycles. The Morgan fingerprint density at radius 3 is 0.786 bits per heavy atom. The molecule has 0 amide bonds. The van der Waals surface area contributed by atoms with Crippen LogP contribution in [0.3, 0.4) is 0 Å². The second-order valence-electron chi connectivity index (χ2n) is 21.3. The van der Waals surface area contributed by atoms with Crippen LogP contribution in [0.25, 0.3) is 32.9 Å². The molecule has 0 fully saturated rings. The van der Waals surface area contributed by atoms with E-state index in [-0.39, 0.29) is 0 Å². The van der Waals surface area contributed by atoms with E-state index in [0.29, 0.717) is 59.7 Å². The van der Waals surface area contributed by atoms with E-state index < -0.39 is 16.5 Å². The molecular weight excluding hydrogens is 893 g/mol. The van der Waals surface area contributed by atoms with Gasteiger partial charge in [-0.25, -0.2) is 0 Å². The topological polar surface area (TPSA) is 46.8 Å². The zero-order chi connectivity index (χ0) is 49.7. The van der Waals surface area contributed by atoms with Crippen LogP contribution in [0.1, 0.15) is 105 Å². The molecule has 6 aromatic carbocycles. The van der Waals surface area contributed by atoms with Crippen LogP contribution in [0.2, 0.25) is 33.2 Å².